The van der Waals surface area contributed by atoms with Crippen LogP contribution in [0.4, 0.5) is 0 Å². The smallest absolute Gasteiger partial charge is 0.0776 e. The first-order valence-electron chi connectivity index (χ1n) is 5.04. The van der Waals surface area contributed by atoms with Gasteiger partial charge in [0.2, 0.25) is 0 Å². The first kappa shape index (κ1) is 9.97. The molecule has 0 aromatic heterocycles. The van der Waals surface area contributed by atoms with E-state index < -0.39 is 0 Å². The van der Waals surface area contributed by atoms with Crippen LogP contribution >= 0.6 is 12.2 Å². The van der Waals surface area contributed by atoms with E-state index in [1.54, 1.807) is 0 Å². The standard InChI is InChI=1S/C10H19NS/c1-11-9-7-5-3-2-4-6-8-10(11)12/h2-9H2,1H3. The highest BCUT2D eigenvalue weighted by atomic mass is 32.1. The first-order chi connectivity index (χ1) is 5.80. The molecule has 0 aromatic carbocycles. The number of hydrogen-bond acceptors (Lipinski definition) is 1. The average molecular weight is 185 g/mol. The second kappa shape index (κ2) is 5.52. The molecule has 70 valence electrons. The molecule has 0 aliphatic carbocycles. The highest BCUT2D eigenvalue weighted by molar-refractivity contribution is 7.80. The fourth-order valence-electron chi connectivity index (χ4n) is 1.65. The average Bonchev–Trinajstić information content (AvgIpc) is 2.08. The van der Waals surface area contributed by atoms with Crippen molar-refractivity contribution < 1.29 is 0 Å². The van der Waals surface area contributed by atoms with Gasteiger partial charge in [-0.3, -0.25) is 0 Å². The minimum absolute atomic E-state index is 1.13. The summed E-state index contributed by atoms with van der Waals surface area (Å²) in [6.45, 7) is 1.17. The van der Waals surface area contributed by atoms with Crippen molar-refractivity contribution in [1.29, 1.82) is 0 Å². The van der Waals surface area contributed by atoms with E-state index in [0.717, 1.165) is 11.4 Å². The Morgan fingerprint density at radius 3 is 2.33 bits per heavy atom. The first-order valence-corrected chi connectivity index (χ1v) is 5.45. The van der Waals surface area contributed by atoms with Gasteiger partial charge in [-0.15, -0.1) is 0 Å². The minimum Gasteiger partial charge on any atom is -0.369 e. The Morgan fingerprint density at radius 1 is 1.00 bits per heavy atom. The molecule has 1 nitrogen and oxygen atoms in total. The van der Waals surface area contributed by atoms with Crippen molar-refractivity contribution in [2.75, 3.05) is 13.6 Å². The Bertz CT molecular complexity index is 145. The van der Waals surface area contributed by atoms with Gasteiger partial charge in [0.05, 0.1) is 4.99 Å². The van der Waals surface area contributed by atoms with Gasteiger partial charge in [0.15, 0.2) is 0 Å². The van der Waals surface area contributed by atoms with Gasteiger partial charge >= 0.3 is 0 Å². The lowest BCUT2D eigenvalue weighted by atomic mass is 10.1. The van der Waals surface area contributed by atoms with Crippen molar-refractivity contribution in [2.24, 2.45) is 0 Å². The summed E-state index contributed by atoms with van der Waals surface area (Å²) in [7, 11) is 2.13. The molecule has 0 atom stereocenters. The highest BCUT2D eigenvalue weighted by Crippen LogP contribution is 2.12. The Kier molecular flexibility index (Phi) is 4.59. The van der Waals surface area contributed by atoms with E-state index in [4.69, 9.17) is 12.2 Å². The molecule has 0 N–H and O–H groups in total. The van der Waals surface area contributed by atoms with Crippen LogP contribution in [0, 0.1) is 0 Å². The maximum atomic E-state index is 5.31. The second-order valence-corrected chi connectivity index (χ2v) is 4.16. The molecule has 0 saturated carbocycles. The second-order valence-electron chi connectivity index (χ2n) is 3.69. The summed E-state index contributed by atoms with van der Waals surface area (Å²) in [5.74, 6) is 0. The maximum absolute atomic E-state index is 5.31. The number of hydrogen-bond donors (Lipinski definition) is 0. The molecule has 1 aliphatic rings. The maximum Gasteiger partial charge on any atom is 0.0776 e. The van der Waals surface area contributed by atoms with Gasteiger partial charge in [-0.25, -0.2) is 0 Å². The molecule has 0 amide bonds. The summed E-state index contributed by atoms with van der Waals surface area (Å²) in [5, 5.41) is 0. The Morgan fingerprint density at radius 2 is 1.58 bits per heavy atom. The quantitative estimate of drug-likeness (QED) is 0.534. The van der Waals surface area contributed by atoms with Gasteiger partial charge < -0.3 is 4.90 Å². The van der Waals surface area contributed by atoms with Crippen LogP contribution < -0.4 is 0 Å². The van der Waals surface area contributed by atoms with Crippen molar-refractivity contribution >= 4 is 17.2 Å². The van der Waals surface area contributed by atoms with Crippen molar-refractivity contribution in [3.8, 4) is 0 Å². The van der Waals surface area contributed by atoms with Crippen molar-refractivity contribution in [3.63, 3.8) is 0 Å². The van der Waals surface area contributed by atoms with Crippen molar-refractivity contribution in [2.45, 2.75) is 44.9 Å². The zero-order valence-electron chi connectivity index (χ0n) is 8.01. The fourth-order valence-corrected chi connectivity index (χ4v) is 1.88. The lowest BCUT2D eigenvalue weighted by Crippen LogP contribution is -2.26. The summed E-state index contributed by atoms with van der Waals surface area (Å²) in [4.78, 5) is 3.41. The van der Waals surface area contributed by atoms with E-state index in [1.807, 2.05) is 0 Å². The summed E-state index contributed by atoms with van der Waals surface area (Å²) in [6, 6.07) is 0. The van der Waals surface area contributed by atoms with Crippen LogP contribution in [0.25, 0.3) is 0 Å². The van der Waals surface area contributed by atoms with E-state index in [1.165, 1.54) is 45.1 Å². The molecular formula is C10H19NS. The SMILES string of the molecule is CN1CCCCCCCCC1=S. The van der Waals surface area contributed by atoms with E-state index in [-0.39, 0.29) is 0 Å². The number of rotatable bonds is 0. The van der Waals surface area contributed by atoms with Crippen molar-refractivity contribution in [1.82, 2.24) is 4.90 Å². The predicted molar refractivity (Wildman–Crippen MR) is 57.5 cm³/mol. The molecule has 0 spiro atoms. The van der Waals surface area contributed by atoms with Crippen LogP contribution in [0.1, 0.15) is 44.9 Å². The molecule has 0 unspecified atom stereocenters. The van der Waals surface area contributed by atoms with Crippen LogP contribution in [0.3, 0.4) is 0 Å². The van der Waals surface area contributed by atoms with Crippen LogP contribution in [0.5, 0.6) is 0 Å². The van der Waals surface area contributed by atoms with Gasteiger partial charge in [-0.05, 0) is 19.3 Å². The zero-order chi connectivity index (χ0) is 8.81. The summed E-state index contributed by atoms with van der Waals surface area (Å²) in [6.07, 6.45) is 9.32. The third-order valence-corrected chi connectivity index (χ3v) is 3.08. The molecular weight excluding hydrogens is 166 g/mol. The van der Waals surface area contributed by atoms with E-state index in [9.17, 15) is 0 Å². The van der Waals surface area contributed by atoms with Gasteiger partial charge in [-0.1, -0.05) is 37.9 Å². The molecule has 1 aliphatic heterocycles. The number of thiocarbonyl (C=S) groups is 1. The molecule has 1 saturated heterocycles. The monoisotopic (exact) mass is 185 g/mol. The Labute approximate surface area is 81.1 Å². The van der Waals surface area contributed by atoms with Crippen LogP contribution in [0.2, 0.25) is 0 Å². The predicted octanol–water partition coefficient (Wildman–Crippen LogP) is 2.99. The topological polar surface area (TPSA) is 3.24 Å². The van der Waals surface area contributed by atoms with E-state index in [2.05, 4.69) is 11.9 Å². The van der Waals surface area contributed by atoms with E-state index >= 15 is 0 Å². The fraction of sp³-hybridized carbons (Fsp3) is 0.900. The lowest BCUT2D eigenvalue weighted by Gasteiger charge is -2.21. The summed E-state index contributed by atoms with van der Waals surface area (Å²) < 4.78 is 0. The molecule has 2 heteroatoms. The molecule has 0 radical (unpaired) electrons. The largest absolute Gasteiger partial charge is 0.369 e. The number of nitrogens with zero attached hydrogens (tertiary/aromatic N) is 1. The van der Waals surface area contributed by atoms with E-state index in [0.29, 0.717) is 0 Å². The van der Waals surface area contributed by atoms with Crippen LogP contribution in [-0.4, -0.2) is 23.5 Å². The van der Waals surface area contributed by atoms with Gasteiger partial charge in [0.25, 0.3) is 0 Å². The summed E-state index contributed by atoms with van der Waals surface area (Å²) >= 11 is 5.31. The lowest BCUT2D eigenvalue weighted by molar-refractivity contribution is 0.451. The third kappa shape index (κ3) is 3.53. The Hall–Kier alpha value is -0.110. The Balaban J connectivity index is 2.31. The molecule has 12 heavy (non-hydrogen) atoms. The third-order valence-electron chi connectivity index (χ3n) is 2.56. The molecule has 1 heterocycles. The zero-order valence-corrected chi connectivity index (χ0v) is 8.83. The molecule has 0 aromatic rings. The van der Waals surface area contributed by atoms with Gasteiger partial charge in [-0.2, -0.15) is 0 Å². The van der Waals surface area contributed by atoms with Gasteiger partial charge in [0.1, 0.15) is 0 Å². The van der Waals surface area contributed by atoms with Crippen LogP contribution in [0.15, 0.2) is 0 Å². The summed E-state index contributed by atoms with van der Waals surface area (Å²) in [5.41, 5.74) is 0. The van der Waals surface area contributed by atoms with Crippen LogP contribution in [-0.2, 0) is 0 Å². The van der Waals surface area contributed by atoms with Crippen molar-refractivity contribution in [3.05, 3.63) is 0 Å². The van der Waals surface area contributed by atoms with Gasteiger partial charge in [0, 0.05) is 13.6 Å². The molecule has 1 fully saturated rings. The normalized spacial score (nSPS) is 22.4. The highest BCUT2D eigenvalue weighted by Gasteiger charge is 2.05. The minimum atomic E-state index is 1.13. The molecule has 0 bridgehead atoms. The molecule has 1 rings (SSSR count).